The number of halogens is 1. The van der Waals surface area contributed by atoms with Gasteiger partial charge in [-0.1, -0.05) is 13.0 Å². The average molecular weight is 274 g/mol. The topological polar surface area (TPSA) is 33.1 Å². The van der Waals surface area contributed by atoms with Gasteiger partial charge in [-0.05, 0) is 24.6 Å². The highest BCUT2D eigenvalue weighted by molar-refractivity contribution is 5.53. The van der Waals surface area contributed by atoms with E-state index in [9.17, 15) is 4.39 Å². The first kappa shape index (κ1) is 13.1. The Balaban J connectivity index is 1.98. The van der Waals surface area contributed by atoms with Crippen molar-refractivity contribution in [2.75, 3.05) is 31.1 Å². The van der Waals surface area contributed by atoms with Crippen molar-refractivity contribution in [3.8, 4) is 5.69 Å². The Labute approximate surface area is 118 Å². The van der Waals surface area contributed by atoms with E-state index in [1.165, 1.54) is 17.8 Å². The van der Waals surface area contributed by atoms with Gasteiger partial charge in [0.2, 0.25) is 0 Å². The summed E-state index contributed by atoms with van der Waals surface area (Å²) in [5.41, 5.74) is 3.08. The highest BCUT2D eigenvalue weighted by atomic mass is 19.1. The molecular formula is C15H19FN4. The van der Waals surface area contributed by atoms with Crippen molar-refractivity contribution in [3.05, 3.63) is 42.0 Å². The summed E-state index contributed by atoms with van der Waals surface area (Å²) in [6.07, 6.45) is 2.77. The summed E-state index contributed by atoms with van der Waals surface area (Å²) in [6, 6.07) is 6.58. The second-order valence-electron chi connectivity index (χ2n) is 4.96. The van der Waals surface area contributed by atoms with Crippen molar-refractivity contribution in [1.82, 2.24) is 15.1 Å². The zero-order valence-electron chi connectivity index (χ0n) is 11.6. The maximum atomic E-state index is 13.4. The first-order chi connectivity index (χ1) is 9.79. The van der Waals surface area contributed by atoms with Crippen LogP contribution in [0.4, 0.5) is 10.1 Å². The van der Waals surface area contributed by atoms with Gasteiger partial charge in [0.25, 0.3) is 0 Å². The van der Waals surface area contributed by atoms with E-state index >= 15 is 0 Å². The lowest BCUT2D eigenvalue weighted by Crippen LogP contribution is -2.43. The molecule has 0 aliphatic carbocycles. The fraction of sp³-hybridized carbons (Fsp3) is 0.400. The molecule has 0 saturated carbocycles. The number of aromatic nitrogens is 2. The lowest BCUT2D eigenvalue weighted by atomic mass is 10.2. The molecule has 1 aliphatic heterocycles. The van der Waals surface area contributed by atoms with Gasteiger partial charge in [0.05, 0.1) is 23.3 Å². The van der Waals surface area contributed by atoms with Crippen LogP contribution in [-0.2, 0) is 6.42 Å². The SMILES string of the molecule is CCc1c(N2CCNCC2)cnn1-c1cccc(F)c1. The number of hydrogen-bond donors (Lipinski definition) is 1. The molecule has 5 heteroatoms. The van der Waals surface area contributed by atoms with E-state index in [0.717, 1.165) is 44.0 Å². The highest BCUT2D eigenvalue weighted by Crippen LogP contribution is 2.24. The minimum Gasteiger partial charge on any atom is -0.366 e. The Hall–Kier alpha value is -1.88. The van der Waals surface area contributed by atoms with Crippen LogP contribution in [0.5, 0.6) is 0 Å². The molecule has 4 nitrogen and oxygen atoms in total. The predicted octanol–water partition coefficient (Wildman–Crippen LogP) is 1.98. The van der Waals surface area contributed by atoms with Crippen molar-refractivity contribution in [1.29, 1.82) is 0 Å². The fourth-order valence-electron chi connectivity index (χ4n) is 2.70. The summed E-state index contributed by atoms with van der Waals surface area (Å²) < 4.78 is 15.2. The molecule has 1 N–H and O–H groups in total. The third-order valence-corrected chi connectivity index (χ3v) is 3.69. The van der Waals surface area contributed by atoms with Gasteiger partial charge in [-0.2, -0.15) is 5.10 Å². The Bertz CT molecular complexity index is 587. The number of nitrogens with zero attached hydrogens (tertiary/aromatic N) is 3. The first-order valence-electron chi connectivity index (χ1n) is 7.08. The molecule has 0 atom stereocenters. The molecule has 0 spiro atoms. The minimum atomic E-state index is -0.233. The van der Waals surface area contributed by atoms with Gasteiger partial charge in [0, 0.05) is 26.2 Å². The van der Waals surface area contributed by atoms with E-state index < -0.39 is 0 Å². The second kappa shape index (κ2) is 5.63. The van der Waals surface area contributed by atoms with Gasteiger partial charge in [-0.15, -0.1) is 0 Å². The zero-order chi connectivity index (χ0) is 13.9. The van der Waals surface area contributed by atoms with Gasteiger partial charge < -0.3 is 10.2 Å². The van der Waals surface area contributed by atoms with Crippen LogP contribution >= 0.6 is 0 Å². The summed E-state index contributed by atoms with van der Waals surface area (Å²) in [6.45, 7) is 6.07. The molecule has 0 amide bonds. The second-order valence-corrected chi connectivity index (χ2v) is 4.96. The first-order valence-corrected chi connectivity index (χ1v) is 7.08. The molecule has 1 fully saturated rings. The van der Waals surface area contributed by atoms with Gasteiger partial charge in [-0.3, -0.25) is 0 Å². The summed E-state index contributed by atoms with van der Waals surface area (Å²) in [5, 5.41) is 7.81. The molecule has 0 bridgehead atoms. The maximum Gasteiger partial charge on any atom is 0.125 e. The van der Waals surface area contributed by atoms with Gasteiger partial charge in [0.15, 0.2) is 0 Å². The molecule has 1 aliphatic rings. The van der Waals surface area contributed by atoms with E-state index in [2.05, 4.69) is 22.2 Å². The Morgan fingerprint density at radius 2 is 2.10 bits per heavy atom. The van der Waals surface area contributed by atoms with Crippen molar-refractivity contribution in [2.45, 2.75) is 13.3 Å². The molecular weight excluding hydrogens is 255 g/mol. The summed E-state index contributed by atoms with van der Waals surface area (Å²) in [4.78, 5) is 2.35. The molecule has 1 aromatic carbocycles. The van der Waals surface area contributed by atoms with Crippen LogP contribution in [0.1, 0.15) is 12.6 Å². The van der Waals surface area contributed by atoms with Crippen LogP contribution in [0.25, 0.3) is 5.69 Å². The Morgan fingerprint density at radius 1 is 1.30 bits per heavy atom. The highest BCUT2D eigenvalue weighted by Gasteiger charge is 2.18. The largest absolute Gasteiger partial charge is 0.366 e. The summed E-state index contributed by atoms with van der Waals surface area (Å²) in [5.74, 6) is -0.233. The van der Waals surface area contributed by atoms with E-state index in [0.29, 0.717) is 0 Å². The number of rotatable bonds is 3. The number of anilines is 1. The molecule has 0 unspecified atom stereocenters. The lowest BCUT2D eigenvalue weighted by Gasteiger charge is -2.29. The van der Waals surface area contributed by atoms with Crippen molar-refractivity contribution < 1.29 is 4.39 Å². The molecule has 2 heterocycles. The van der Waals surface area contributed by atoms with E-state index in [1.54, 1.807) is 6.07 Å². The van der Waals surface area contributed by atoms with E-state index in [4.69, 9.17) is 0 Å². The third-order valence-electron chi connectivity index (χ3n) is 3.69. The molecule has 2 aromatic rings. The summed E-state index contributed by atoms with van der Waals surface area (Å²) >= 11 is 0. The van der Waals surface area contributed by atoms with Gasteiger partial charge in [0.1, 0.15) is 5.82 Å². The van der Waals surface area contributed by atoms with E-state index in [-0.39, 0.29) is 5.82 Å². The molecule has 106 valence electrons. The molecule has 3 rings (SSSR count). The van der Waals surface area contributed by atoms with Gasteiger partial charge >= 0.3 is 0 Å². The van der Waals surface area contributed by atoms with Crippen molar-refractivity contribution in [2.24, 2.45) is 0 Å². The number of nitrogens with one attached hydrogen (secondary N) is 1. The Morgan fingerprint density at radius 3 is 2.80 bits per heavy atom. The standard InChI is InChI=1S/C15H19FN4/c1-2-14-15(19-8-6-17-7-9-19)11-18-20(14)13-5-3-4-12(16)10-13/h3-5,10-11,17H,2,6-9H2,1H3. The van der Waals surface area contributed by atoms with E-state index in [1.807, 2.05) is 16.9 Å². The van der Waals surface area contributed by atoms with Crippen LogP contribution in [-0.4, -0.2) is 36.0 Å². The molecule has 1 aromatic heterocycles. The van der Waals surface area contributed by atoms with Crippen LogP contribution in [0.15, 0.2) is 30.5 Å². The van der Waals surface area contributed by atoms with Crippen LogP contribution in [0.3, 0.4) is 0 Å². The number of hydrogen-bond acceptors (Lipinski definition) is 3. The number of piperazine rings is 1. The summed E-state index contributed by atoms with van der Waals surface area (Å²) in [7, 11) is 0. The fourth-order valence-corrected chi connectivity index (χ4v) is 2.70. The van der Waals surface area contributed by atoms with Gasteiger partial charge in [-0.25, -0.2) is 9.07 Å². The Kier molecular flexibility index (Phi) is 3.69. The van der Waals surface area contributed by atoms with Crippen LogP contribution in [0, 0.1) is 5.82 Å². The lowest BCUT2D eigenvalue weighted by molar-refractivity contribution is 0.587. The molecule has 1 saturated heterocycles. The molecule has 20 heavy (non-hydrogen) atoms. The van der Waals surface area contributed by atoms with Crippen LogP contribution < -0.4 is 10.2 Å². The third kappa shape index (κ3) is 2.41. The smallest absolute Gasteiger partial charge is 0.125 e. The van der Waals surface area contributed by atoms with Crippen molar-refractivity contribution >= 4 is 5.69 Å². The van der Waals surface area contributed by atoms with Crippen LogP contribution in [0.2, 0.25) is 0 Å². The number of benzene rings is 1. The molecule has 0 radical (unpaired) electrons. The normalized spacial score (nSPS) is 15.6. The predicted molar refractivity (Wildman–Crippen MR) is 78.0 cm³/mol. The minimum absolute atomic E-state index is 0.233. The maximum absolute atomic E-state index is 13.4. The zero-order valence-corrected chi connectivity index (χ0v) is 11.6. The monoisotopic (exact) mass is 274 g/mol. The van der Waals surface area contributed by atoms with Crippen molar-refractivity contribution in [3.63, 3.8) is 0 Å². The quantitative estimate of drug-likeness (QED) is 0.929. The average Bonchev–Trinajstić information content (AvgIpc) is 2.92.